The number of hydrogen-bond acceptors (Lipinski definition) is 4. The third kappa shape index (κ3) is 4.32. The van der Waals surface area contributed by atoms with Gasteiger partial charge in [-0.05, 0) is 55.2 Å². The van der Waals surface area contributed by atoms with Gasteiger partial charge in [-0.25, -0.2) is 4.39 Å². The van der Waals surface area contributed by atoms with Crippen molar-refractivity contribution in [3.63, 3.8) is 0 Å². The predicted molar refractivity (Wildman–Crippen MR) is 128 cm³/mol. The first-order valence-corrected chi connectivity index (χ1v) is 12.0. The van der Waals surface area contributed by atoms with Crippen molar-refractivity contribution in [3.05, 3.63) is 59.7 Å². The molecule has 2 amide bonds. The maximum Gasteiger partial charge on any atom is 0.229 e. The van der Waals surface area contributed by atoms with Gasteiger partial charge in [0.15, 0.2) is 5.82 Å². The average Bonchev–Trinajstić information content (AvgIpc) is 3.35. The first-order valence-electron chi connectivity index (χ1n) is 12.0. The number of carbonyl (C=O) groups excluding carboxylic acids is 2. The topological polar surface area (TPSA) is 80.1 Å². The third-order valence-electron chi connectivity index (χ3n) is 6.74. The standard InChI is InChI=1S/C26H28FN5O2/c1-2-17-7-10-20(11-8-17)32-16-18(14-24(32)33)26(34)28-19-9-12-22(27)21(15-19)25-30-29-23-6-4-3-5-13-31(23)25/h7-12,15,18H,2-6,13-14,16H2,1H3,(H,28,34). The van der Waals surface area contributed by atoms with Gasteiger partial charge in [0.25, 0.3) is 0 Å². The van der Waals surface area contributed by atoms with Gasteiger partial charge in [-0.2, -0.15) is 0 Å². The number of nitrogens with zero attached hydrogens (tertiary/aromatic N) is 4. The van der Waals surface area contributed by atoms with Crippen LogP contribution in [0, 0.1) is 11.7 Å². The molecule has 7 nitrogen and oxygen atoms in total. The number of aromatic nitrogens is 3. The van der Waals surface area contributed by atoms with E-state index in [1.54, 1.807) is 11.0 Å². The second-order valence-electron chi connectivity index (χ2n) is 9.01. The monoisotopic (exact) mass is 461 g/mol. The summed E-state index contributed by atoms with van der Waals surface area (Å²) in [6, 6.07) is 12.3. The van der Waals surface area contributed by atoms with Gasteiger partial charge < -0.3 is 14.8 Å². The van der Waals surface area contributed by atoms with Gasteiger partial charge in [0.1, 0.15) is 11.6 Å². The summed E-state index contributed by atoms with van der Waals surface area (Å²) in [5.41, 5.74) is 2.79. The van der Waals surface area contributed by atoms with Crippen LogP contribution in [0.3, 0.4) is 0 Å². The molecule has 0 spiro atoms. The Morgan fingerprint density at radius 2 is 1.94 bits per heavy atom. The lowest BCUT2D eigenvalue weighted by molar-refractivity contribution is -0.122. The van der Waals surface area contributed by atoms with Crippen molar-refractivity contribution in [2.75, 3.05) is 16.8 Å². The van der Waals surface area contributed by atoms with Crippen LogP contribution in [-0.2, 0) is 29.0 Å². The SMILES string of the molecule is CCc1ccc(N2CC(C(=O)Nc3ccc(F)c(-c4nnc5n4CCCCC5)c3)CC2=O)cc1. The fraction of sp³-hybridized carbons (Fsp3) is 0.385. The van der Waals surface area contributed by atoms with Gasteiger partial charge in [0.2, 0.25) is 11.8 Å². The van der Waals surface area contributed by atoms with E-state index in [1.807, 2.05) is 28.8 Å². The van der Waals surface area contributed by atoms with Crippen molar-refractivity contribution in [2.24, 2.45) is 5.92 Å². The molecule has 2 aliphatic rings. The maximum atomic E-state index is 14.7. The van der Waals surface area contributed by atoms with Crippen molar-refractivity contribution >= 4 is 23.2 Å². The molecule has 5 rings (SSSR count). The summed E-state index contributed by atoms with van der Waals surface area (Å²) in [7, 11) is 0. The third-order valence-corrected chi connectivity index (χ3v) is 6.74. The number of fused-ring (bicyclic) bond motifs is 1. The fourth-order valence-electron chi connectivity index (χ4n) is 4.75. The predicted octanol–water partition coefficient (Wildman–Crippen LogP) is 4.36. The van der Waals surface area contributed by atoms with E-state index in [1.165, 1.54) is 17.7 Å². The molecular weight excluding hydrogens is 433 g/mol. The second-order valence-corrected chi connectivity index (χ2v) is 9.01. The molecule has 0 aliphatic carbocycles. The van der Waals surface area contributed by atoms with Gasteiger partial charge in [-0.15, -0.1) is 10.2 Å². The summed E-state index contributed by atoms with van der Waals surface area (Å²) in [6.07, 6.45) is 5.07. The number of anilines is 2. The summed E-state index contributed by atoms with van der Waals surface area (Å²) in [5, 5.41) is 11.4. The van der Waals surface area contributed by atoms with Crippen molar-refractivity contribution in [3.8, 4) is 11.4 Å². The minimum atomic E-state index is -0.476. The molecule has 8 heteroatoms. The molecule has 1 saturated heterocycles. The Labute approximate surface area is 198 Å². The Bertz CT molecular complexity index is 1220. The van der Waals surface area contributed by atoms with Crippen molar-refractivity contribution < 1.29 is 14.0 Å². The number of hydrogen-bond donors (Lipinski definition) is 1. The van der Waals surface area contributed by atoms with E-state index in [4.69, 9.17) is 0 Å². The van der Waals surface area contributed by atoms with Crippen LogP contribution in [0.2, 0.25) is 0 Å². The summed E-state index contributed by atoms with van der Waals surface area (Å²) >= 11 is 0. The van der Waals surface area contributed by atoms with Gasteiger partial charge in [-0.1, -0.05) is 25.5 Å². The molecule has 34 heavy (non-hydrogen) atoms. The number of aryl methyl sites for hydroxylation is 2. The molecular formula is C26H28FN5O2. The van der Waals surface area contributed by atoms with E-state index < -0.39 is 11.7 Å². The minimum absolute atomic E-state index is 0.0738. The normalized spacial score (nSPS) is 18.0. The molecule has 1 atom stereocenters. The Morgan fingerprint density at radius 1 is 1.12 bits per heavy atom. The molecule has 3 aromatic rings. The number of nitrogens with one attached hydrogen (secondary N) is 1. The summed E-state index contributed by atoms with van der Waals surface area (Å²) in [4.78, 5) is 27.2. The van der Waals surface area contributed by atoms with Crippen molar-refractivity contribution in [1.29, 1.82) is 0 Å². The van der Waals surface area contributed by atoms with E-state index in [-0.39, 0.29) is 18.2 Å². The Kier molecular flexibility index (Phi) is 6.13. The van der Waals surface area contributed by atoms with Crippen LogP contribution in [-0.4, -0.2) is 33.1 Å². The quantitative estimate of drug-likeness (QED) is 0.612. The molecule has 2 aliphatic heterocycles. The highest BCUT2D eigenvalue weighted by Gasteiger charge is 2.35. The van der Waals surface area contributed by atoms with Crippen molar-refractivity contribution in [1.82, 2.24) is 14.8 Å². The van der Waals surface area contributed by atoms with Gasteiger partial charge in [-0.3, -0.25) is 9.59 Å². The average molecular weight is 462 g/mol. The van der Waals surface area contributed by atoms with Crippen LogP contribution in [0.1, 0.15) is 44.0 Å². The zero-order valence-corrected chi connectivity index (χ0v) is 19.3. The molecule has 2 aromatic carbocycles. The zero-order chi connectivity index (χ0) is 23.7. The summed E-state index contributed by atoms with van der Waals surface area (Å²) < 4.78 is 16.7. The minimum Gasteiger partial charge on any atom is -0.326 e. The molecule has 0 saturated carbocycles. The molecule has 0 radical (unpaired) electrons. The largest absolute Gasteiger partial charge is 0.326 e. The maximum absolute atomic E-state index is 14.7. The highest BCUT2D eigenvalue weighted by molar-refractivity contribution is 6.03. The zero-order valence-electron chi connectivity index (χ0n) is 19.3. The molecule has 3 heterocycles. The summed E-state index contributed by atoms with van der Waals surface area (Å²) in [5.74, 6) is 0.154. The van der Waals surface area contributed by atoms with Crippen LogP contribution >= 0.6 is 0 Å². The van der Waals surface area contributed by atoms with Gasteiger partial charge >= 0.3 is 0 Å². The van der Waals surface area contributed by atoms with E-state index in [0.29, 0.717) is 23.6 Å². The van der Waals surface area contributed by atoms with Crippen LogP contribution in [0.25, 0.3) is 11.4 Å². The van der Waals surface area contributed by atoms with E-state index in [0.717, 1.165) is 50.2 Å². The van der Waals surface area contributed by atoms with Gasteiger partial charge in [0, 0.05) is 37.3 Å². The lowest BCUT2D eigenvalue weighted by Gasteiger charge is -2.17. The Hall–Kier alpha value is -3.55. The number of carbonyl (C=O) groups is 2. The molecule has 0 bridgehead atoms. The Balaban J connectivity index is 1.32. The molecule has 1 N–H and O–H groups in total. The molecule has 1 unspecified atom stereocenters. The highest BCUT2D eigenvalue weighted by atomic mass is 19.1. The first kappa shape index (κ1) is 22.3. The number of halogens is 1. The van der Waals surface area contributed by atoms with Crippen LogP contribution in [0.4, 0.5) is 15.8 Å². The van der Waals surface area contributed by atoms with Crippen LogP contribution in [0.15, 0.2) is 42.5 Å². The van der Waals surface area contributed by atoms with E-state index in [9.17, 15) is 14.0 Å². The first-order chi connectivity index (χ1) is 16.5. The molecule has 1 aromatic heterocycles. The van der Waals surface area contributed by atoms with Crippen LogP contribution in [0.5, 0.6) is 0 Å². The van der Waals surface area contributed by atoms with Gasteiger partial charge in [0.05, 0.1) is 11.5 Å². The molecule has 176 valence electrons. The highest BCUT2D eigenvalue weighted by Crippen LogP contribution is 2.29. The van der Waals surface area contributed by atoms with E-state index >= 15 is 0 Å². The summed E-state index contributed by atoms with van der Waals surface area (Å²) in [6.45, 7) is 3.16. The molecule has 1 fully saturated rings. The smallest absolute Gasteiger partial charge is 0.229 e. The lowest BCUT2D eigenvalue weighted by Crippen LogP contribution is -2.28. The fourth-order valence-corrected chi connectivity index (χ4v) is 4.75. The van der Waals surface area contributed by atoms with Crippen LogP contribution < -0.4 is 10.2 Å². The second kappa shape index (κ2) is 9.37. The van der Waals surface area contributed by atoms with E-state index in [2.05, 4.69) is 22.4 Å². The number of benzene rings is 2. The number of rotatable bonds is 5. The van der Waals surface area contributed by atoms with Crippen molar-refractivity contribution in [2.45, 2.75) is 52.0 Å². The Morgan fingerprint density at radius 3 is 2.74 bits per heavy atom. The number of amides is 2. The lowest BCUT2D eigenvalue weighted by atomic mass is 10.1.